The van der Waals surface area contributed by atoms with Crippen molar-refractivity contribution in [2.75, 3.05) is 13.7 Å². The summed E-state index contributed by atoms with van der Waals surface area (Å²) < 4.78 is 0. The van der Waals surface area contributed by atoms with E-state index in [4.69, 9.17) is 10.2 Å². The lowest BCUT2D eigenvalue weighted by molar-refractivity contribution is -0.119. The summed E-state index contributed by atoms with van der Waals surface area (Å²) in [5.74, 6) is 0. The molecule has 0 rings (SSSR count). The lowest BCUT2D eigenvalue weighted by atomic mass is 10.0. The number of hydrogen-bond donors (Lipinski definition) is 5. The van der Waals surface area contributed by atoms with Crippen LogP contribution in [0.4, 0.5) is 4.79 Å². The highest BCUT2D eigenvalue weighted by Gasteiger charge is 2.32. The van der Waals surface area contributed by atoms with Crippen molar-refractivity contribution in [3.8, 4) is 0 Å². The molecule has 0 saturated heterocycles. The van der Waals surface area contributed by atoms with Crippen molar-refractivity contribution in [1.29, 1.82) is 0 Å². The van der Waals surface area contributed by atoms with Crippen LogP contribution < -0.4 is 5.32 Å². The first-order valence-electron chi connectivity index (χ1n) is 4.86. The Morgan fingerprint density at radius 2 is 1.94 bits per heavy atom. The molecule has 0 fully saturated rings. The van der Waals surface area contributed by atoms with Crippen molar-refractivity contribution in [1.82, 2.24) is 10.3 Å². The first-order valence-corrected chi connectivity index (χ1v) is 4.86. The molecule has 0 saturated carbocycles. The summed E-state index contributed by atoms with van der Waals surface area (Å²) in [5, 5.41) is 40.9. The van der Waals surface area contributed by atoms with E-state index in [0.29, 0.717) is 5.01 Å². The minimum atomic E-state index is -1.85. The lowest BCUT2D eigenvalue weighted by Gasteiger charge is -2.26. The number of aliphatic hydroxyl groups excluding tert-OH is 4. The SMILES string of the molecule is CN(N=O)C(=O)N[C@@H](C=O)[C@@H](O)[C@@H](O)[C@@H](O)CO. The van der Waals surface area contributed by atoms with Gasteiger partial charge < -0.3 is 30.5 Å². The fourth-order valence-corrected chi connectivity index (χ4v) is 1.02. The monoisotopic (exact) mass is 265 g/mol. The number of hydrogen-bond acceptors (Lipinski definition) is 8. The molecule has 0 aliphatic carbocycles. The minimum absolute atomic E-state index is 0.106. The maximum absolute atomic E-state index is 11.2. The third kappa shape index (κ3) is 4.33. The van der Waals surface area contributed by atoms with Crippen LogP contribution in [0, 0.1) is 4.91 Å². The van der Waals surface area contributed by atoms with Gasteiger partial charge in [0.2, 0.25) is 0 Å². The quantitative estimate of drug-likeness (QED) is 0.186. The van der Waals surface area contributed by atoms with E-state index in [2.05, 4.69) is 5.29 Å². The molecular formula is C8H15N3O7. The van der Waals surface area contributed by atoms with Crippen LogP contribution in [-0.4, -0.2) is 75.8 Å². The van der Waals surface area contributed by atoms with Gasteiger partial charge in [0.05, 0.1) is 11.9 Å². The zero-order chi connectivity index (χ0) is 14.3. The van der Waals surface area contributed by atoms with Crippen molar-refractivity contribution in [3.63, 3.8) is 0 Å². The van der Waals surface area contributed by atoms with Gasteiger partial charge in [0.15, 0.2) is 0 Å². The van der Waals surface area contributed by atoms with Gasteiger partial charge in [0.25, 0.3) is 0 Å². The Labute approximate surface area is 102 Å². The number of nitrogens with zero attached hydrogens (tertiary/aromatic N) is 2. The summed E-state index contributed by atoms with van der Waals surface area (Å²) >= 11 is 0. The summed E-state index contributed by atoms with van der Waals surface area (Å²) in [6.07, 6.45) is -5.27. The second kappa shape index (κ2) is 7.66. The molecule has 0 aromatic heterocycles. The molecule has 0 aromatic carbocycles. The summed E-state index contributed by atoms with van der Waals surface area (Å²) in [7, 11) is 1.01. The molecule has 0 aliphatic rings. The van der Waals surface area contributed by atoms with Crippen molar-refractivity contribution in [2.24, 2.45) is 5.29 Å². The number of aliphatic hydroxyl groups is 4. The summed E-state index contributed by atoms with van der Waals surface area (Å²) in [5.41, 5.74) is 0. The number of carbonyl (C=O) groups is 2. The van der Waals surface area contributed by atoms with Gasteiger partial charge in [0, 0.05) is 7.05 Å². The third-order valence-corrected chi connectivity index (χ3v) is 2.15. The van der Waals surface area contributed by atoms with E-state index in [1.54, 1.807) is 0 Å². The highest BCUT2D eigenvalue weighted by Crippen LogP contribution is 2.04. The van der Waals surface area contributed by atoms with Gasteiger partial charge in [-0.15, -0.1) is 4.91 Å². The molecule has 10 heteroatoms. The average Bonchev–Trinajstić information content (AvgIpc) is 2.40. The molecule has 4 atom stereocenters. The number of carbonyl (C=O) groups excluding carboxylic acids is 2. The van der Waals surface area contributed by atoms with E-state index in [0.717, 1.165) is 7.05 Å². The average molecular weight is 265 g/mol. The molecule has 5 N–H and O–H groups in total. The van der Waals surface area contributed by atoms with E-state index >= 15 is 0 Å². The zero-order valence-corrected chi connectivity index (χ0v) is 9.50. The van der Waals surface area contributed by atoms with E-state index < -0.39 is 37.0 Å². The molecule has 10 nitrogen and oxygen atoms in total. The molecular weight excluding hydrogens is 250 g/mol. The molecule has 18 heavy (non-hydrogen) atoms. The lowest BCUT2D eigenvalue weighted by Crippen LogP contribution is -2.54. The van der Waals surface area contributed by atoms with E-state index in [1.165, 1.54) is 0 Å². The standard InChI is InChI=1S/C8H15N3O7/c1-11(10-18)8(17)9-4(2-12)6(15)7(16)5(14)3-13/h2,4-7,13-16H,3H2,1H3,(H,9,17)/t4-,5-,6+,7-/m0/s1. The van der Waals surface area contributed by atoms with E-state index in [9.17, 15) is 24.7 Å². The Morgan fingerprint density at radius 1 is 1.39 bits per heavy atom. The van der Waals surface area contributed by atoms with Crippen molar-refractivity contribution < 1.29 is 30.0 Å². The maximum atomic E-state index is 11.2. The molecule has 0 aromatic rings. The predicted molar refractivity (Wildman–Crippen MR) is 57.0 cm³/mol. The van der Waals surface area contributed by atoms with Gasteiger partial charge in [0.1, 0.15) is 30.6 Å². The molecule has 0 spiro atoms. The molecule has 0 aliphatic heterocycles. The van der Waals surface area contributed by atoms with Gasteiger partial charge in [-0.3, -0.25) is 0 Å². The van der Waals surface area contributed by atoms with E-state index in [-0.39, 0.29) is 6.29 Å². The molecule has 0 bridgehead atoms. The topological polar surface area (TPSA) is 160 Å². The molecule has 0 heterocycles. The Balaban J connectivity index is 4.62. The highest BCUT2D eigenvalue weighted by molar-refractivity contribution is 5.77. The van der Waals surface area contributed by atoms with E-state index in [1.807, 2.05) is 5.32 Å². The van der Waals surface area contributed by atoms with Crippen molar-refractivity contribution in [2.45, 2.75) is 24.4 Å². The van der Waals surface area contributed by atoms with Crippen LogP contribution in [0.15, 0.2) is 5.29 Å². The summed E-state index contributed by atoms with van der Waals surface area (Å²) in [6, 6.07) is -2.65. The van der Waals surface area contributed by atoms with Crippen molar-refractivity contribution >= 4 is 12.3 Å². The number of rotatable bonds is 7. The molecule has 0 radical (unpaired) electrons. The number of aldehydes is 1. The Hall–Kier alpha value is -1.62. The zero-order valence-electron chi connectivity index (χ0n) is 9.50. The van der Waals surface area contributed by atoms with Gasteiger partial charge >= 0.3 is 6.03 Å². The fraction of sp³-hybridized carbons (Fsp3) is 0.750. The van der Waals surface area contributed by atoms with Crippen LogP contribution in [0.2, 0.25) is 0 Å². The molecule has 2 amide bonds. The number of nitrogens with one attached hydrogen (secondary N) is 1. The Kier molecular flexibility index (Phi) is 6.97. The first-order chi connectivity index (χ1) is 8.38. The van der Waals surface area contributed by atoms with Crippen LogP contribution >= 0.6 is 0 Å². The van der Waals surface area contributed by atoms with Gasteiger partial charge in [-0.25, -0.2) is 4.79 Å². The van der Waals surface area contributed by atoms with Crippen LogP contribution in [0.3, 0.4) is 0 Å². The third-order valence-electron chi connectivity index (χ3n) is 2.15. The van der Waals surface area contributed by atoms with Crippen LogP contribution in [0.1, 0.15) is 0 Å². The maximum Gasteiger partial charge on any atom is 0.340 e. The van der Waals surface area contributed by atoms with Crippen LogP contribution in [0.25, 0.3) is 0 Å². The first kappa shape index (κ1) is 16.4. The Bertz CT molecular complexity index is 300. The smallest absolute Gasteiger partial charge is 0.340 e. The number of amides is 2. The fourth-order valence-electron chi connectivity index (χ4n) is 1.02. The van der Waals surface area contributed by atoms with Crippen LogP contribution in [-0.2, 0) is 4.79 Å². The normalized spacial score (nSPS) is 17.2. The minimum Gasteiger partial charge on any atom is -0.394 e. The van der Waals surface area contributed by atoms with Crippen molar-refractivity contribution in [3.05, 3.63) is 4.91 Å². The predicted octanol–water partition coefficient (Wildman–Crippen LogP) is -3.05. The number of nitroso groups, excluding NO2 is 1. The molecule has 0 unspecified atom stereocenters. The van der Waals surface area contributed by atoms with Gasteiger partial charge in [-0.05, 0) is 0 Å². The second-order valence-corrected chi connectivity index (χ2v) is 3.45. The second-order valence-electron chi connectivity index (χ2n) is 3.45. The Morgan fingerprint density at radius 3 is 2.33 bits per heavy atom. The van der Waals surface area contributed by atoms with Gasteiger partial charge in [-0.2, -0.15) is 5.01 Å². The van der Waals surface area contributed by atoms with Crippen LogP contribution in [0.5, 0.6) is 0 Å². The highest BCUT2D eigenvalue weighted by atomic mass is 16.4. The molecule has 104 valence electrons. The number of urea groups is 1. The largest absolute Gasteiger partial charge is 0.394 e. The summed E-state index contributed by atoms with van der Waals surface area (Å²) in [6.45, 7) is -0.840. The van der Waals surface area contributed by atoms with Gasteiger partial charge in [-0.1, -0.05) is 0 Å². The summed E-state index contributed by atoms with van der Waals surface area (Å²) in [4.78, 5) is 31.8.